The minimum absolute atomic E-state index is 0.193. The molecule has 1 unspecified atom stereocenters. The van der Waals surface area contributed by atoms with Crippen LogP contribution in [0.5, 0.6) is 0 Å². The van der Waals surface area contributed by atoms with Crippen LogP contribution in [-0.4, -0.2) is 0 Å². The highest BCUT2D eigenvalue weighted by atomic mass is 19.2. The van der Waals surface area contributed by atoms with Crippen molar-refractivity contribution >= 4 is 0 Å². The summed E-state index contributed by atoms with van der Waals surface area (Å²) in [5.41, 5.74) is 3.04. The zero-order chi connectivity index (χ0) is 14.6. The lowest BCUT2D eigenvalue weighted by Crippen LogP contribution is -2.28. The van der Waals surface area contributed by atoms with E-state index >= 15 is 0 Å². The standard InChI is InChI=1S/C14H21F3N2/c1-14(2,3)6-4-5-12(19-18)9-7-10(15)13(17)11(16)8-9/h7-8,12,19H,4-6,18H2,1-3H3. The summed E-state index contributed by atoms with van der Waals surface area (Å²) >= 11 is 0. The Morgan fingerprint density at radius 2 is 1.68 bits per heavy atom. The molecule has 0 radical (unpaired) electrons. The molecule has 0 fully saturated rings. The Hall–Kier alpha value is -1.07. The lowest BCUT2D eigenvalue weighted by Gasteiger charge is -2.21. The first kappa shape index (κ1) is 16.0. The van der Waals surface area contributed by atoms with E-state index in [2.05, 4.69) is 26.2 Å². The quantitative estimate of drug-likeness (QED) is 0.486. The molecule has 0 saturated heterocycles. The van der Waals surface area contributed by atoms with Crippen molar-refractivity contribution in [2.75, 3.05) is 0 Å². The molecule has 1 aromatic rings. The van der Waals surface area contributed by atoms with Gasteiger partial charge in [-0.2, -0.15) is 0 Å². The van der Waals surface area contributed by atoms with E-state index in [1.807, 2.05) is 0 Å². The summed E-state index contributed by atoms with van der Waals surface area (Å²) in [5.74, 6) is 1.58. The SMILES string of the molecule is CC(C)(C)CCCC(NN)c1cc(F)c(F)c(F)c1. The van der Waals surface area contributed by atoms with E-state index in [-0.39, 0.29) is 11.5 Å². The van der Waals surface area contributed by atoms with Crippen molar-refractivity contribution in [3.63, 3.8) is 0 Å². The predicted octanol–water partition coefficient (Wildman–Crippen LogP) is 3.82. The predicted molar refractivity (Wildman–Crippen MR) is 69.7 cm³/mol. The minimum atomic E-state index is -1.45. The maximum absolute atomic E-state index is 13.2. The van der Waals surface area contributed by atoms with Gasteiger partial charge in [0.25, 0.3) is 0 Å². The van der Waals surface area contributed by atoms with Crippen LogP contribution < -0.4 is 11.3 Å². The smallest absolute Gasteiger partial charge is 0.194 e. The Labute approximate surface area is 112 Å². The van der Waals surface area contributed by atoms with Crippen LogP contribution in [0.3, 0.4) is 0 Å². The number of hydrazine groups is 1. The highest BCUT2D eigenvalue weighted by Gasteiger charge is 2.17. The first-order valence-electron chi connectivity index (χ1n) is 6.35. The number of rotatable bonds is 5. The fourth-order valence-electron chi connectivity index (χ4n) is 1.96. The van der Waals surface area contributed by atoms with Gasteiger partial charge in [0.05, 0.1) is 0 Å². The molecule has 0 spiro atoms. The Balaban J connectivity index is 2.75. The third-order valence-corrected chi connectivity index (χ3v) is 3.03. The van der Waals surface area contributed by atoms with Crippen molar-refractivity contribution in [3.8, 4) is 0 Å². The van der Waals surface area contributed by atoms with E-state index in [0.717, 1.165) is 25.0 Å². The summed E-state index contributed by atoms with van der Waals surface area (Å²) in [4.78, 5) is 0. The molecule has 0 heterocycles. The molecule has 0 saturated carbocycles. The number of nitrogens with two attached hydrogens (primary N) is 1. The fraction of sp³-hybridized carbons (Fsp3) is 0.571. The second-order valence-corrected chi connectivity index (χ2v) is 5.97. The zero-order valence-corrected chi connectivity index (χ0v) is 11.6. The van der Waals surface area contributed by atoms with Gasteiger partial charge in [0.15, 0.2) is 17.5 Å². The highest BCUT2D eigenvalue weighted by Crippen LogP contribution is 2.27. The van der Waals surface area contributed by atoms with Gasteiger partial charge in [0.1, 0.15) is 0 Å². The number of halogens is 3. The Morgan fingerprint density at radius 1 is 1.16 bits per heavy atom. The van der Waals surface area contributed by atoms with Crippen molar-refractivity contribution in [2.24, 2.45) is 11.3 Å². The monoisotopic (exact) mass is 274 g/mol. The molecular weight excluding hydrogens is 253 g/mol. The molecule has 2 nitrogen and oxygen atoms in total. The van der Waals surface area contributed by atoms with Crippen LogP contribution in [0.15, 0.2) is 12.1 Å². The van der Waals surface area contributed by atoms with E-state index in [9.17, 15) is 13.2 Å². The summed E-state index contributed by atoms with van der Waals surface area (Å²) in [6, 6.07) is 1.59. The number of benzene rings is 1. The van der Waals surface area contributed by atoms with Gasteiger partial charge in [-0.15, -0.1) is 0 Å². The van der Waals surface area contributed by atoms with E-state index < -0.39 is 17.5 Å². The van der Waals surface area contributed by atoms with E-state index in [1.54, 1.807) is 0 Å². The van der Waals surface area contributed by atoms with Gasteiger partial charge in [-0.25, -0.2) is 13.2 Å². The normalized spacial score (nSPS) is 13.6. The first-order valence-corrected chi connectivity index (χ1v) is 6.35. The van der Waals surface area contributed by atoms with Crippen molar-refractivity contribution in [3.05, 3.63) is 35.1 Å². The van der Waals surface area contributed by atoms with Crippen LogP contribution in [0.4, 0.5) is 13.2 Å². The Kier molecular flexibility index (Phi) is 5.38. The Morgan fingerprint density at radius 3 is 2.11 bits per heavy atom. The summed E-state index contributed by atoms with van der Waals surface area (Å²) in [5, 5.41) is 0. The molecule has 1 atom stereocenters. The van der Waals surface area contributed by atoms with E-state index in [0.29, 0.717) is 12.0 Å². The number of hydrogen-bond acceptors (Lipinski definition) is 2. The topological polar surface area (TPSA) is 38.0 Å². The van der Waals surface area contributed by atoms with Gasteiger partial charge < -0.3 is 0 Å². The van der Waals surface area contributed by atoms with Gasteiger partial charge in [-0.1, -0.05) is 27.2 Å². The largest absolute Gasteiger partial charge is 0.271 e. The average molecular weight is 274 g/mol. The zero-order valence-electron chi connectivity index (χ0n) is 11.6. The van der Waals surface area contributed by atoms with Crippen LogP contribution >= 0.6 is 0 Å². The molecule has 1 aromatic carbocycles. The molecule has 0 amide bonds. The highest BCUT2D eigenvalue weighted by molar-refractivity contribution is 5.22. The van der Waals surface area contributed by atoms with Crippen LogP contribution in [0.25, 0.3) is 0 Å². The average Bonchev–Trinajstić information content (AvgIpc) is 2.29. The molecule has 108 valence electrons. The summed E-state index contributed by atoms with van der Waals surface area (Å²) in [6.07, 6.45) is 2.47. The van der Waals surface area contributed by atoms with Crippen molar-refractivity contribution in [2.45, 2.75) is 46.1 Å². The Bertz CT molecular complexity index is 404. The molecule has 0 aromatic heterocycles. The van der Waals surface area contributed by atoms with E-state index in [1.165, 1.54) is 0 Å². The van der Waals surface area contributed by atoms with Gasteiger partial charge in [-0.3, -0.25) is 11.3 Å². The molecule has 0 aliphatic heterocycles. The molecule has 1 rings (SSSR count). The van der Waals surface area contributed by atoms with Gasteiger partial charge in [-0.05, 0) is 36.0 Å². The maximum atomic E-state index is 13.2. The molecule has 19 heavy (non-hydrogen) atoms. The van der Waals surface area contributed by atoms with Crippen molar-refractivity contribution < 1.29 is 13.2 Å². The lowest BCUT2D eigenvalue weighted by molar-refractivity contribution is 0.343. The van der Waals surface area contributed by atoms with Crippen molar-refractivity contribution in [1.29, 1.82) is 0 Å². The molecule has 5 heteroatoms. The number of nitrogens with one attached hydrogen (secondary N) is 1. The van der Waals surface area contributed by atoms with E-state index in [4.69, 9.17) is 5.84 Å². The van der Waals surface area contributed by atoms with Crippen LogP contribution in [0.2, 0.25) is 0 Å². The van der Waals surface area contributed by atoms with Crippen LogP contribution in [-0.2, 0) is 0 Å². The first-order chi connectivity index (χ1) is 8.74. The molecule has 3 N–H and O–H groups in total. The summed E-state index contributed by atoms with van der Waals surface area (Å²) < 4.78 is 39.2. The second-order valence-electron chi connectivity index (χ2n) is 5.97. The van der Waals surface area contributed by atoms with Gasteiger partial charge in [0, 0.05) is 6.04 Å². The van der Waals surface area contributed by atoms with Gasteiger partial charge >= 0.3 is 0 Å². The summed E-state index contributed by atoms with van der Waals surface area (Å²) in [7, 11) is 0. The molecule has 0 aliphatic rings. The molecular formula is C14H21F3N2. The van der Waals surface area contributed by atoms with Gasteiger partial charge in [0.2, 0.25) is 0 Å². The third-order valence-electron chi connectivity index (χ3n) is 3.03. The summed E-state index contributed by atoms with van der Waals surface area (Å²) in [6.45, 7) is 6.36. The lowest BCUT2D eigenvalue weighted by atomic mass is 9.88. The minimum Gasteiger partial charge on any atom is -0.271 e. The number of hydrogen-bond donors (Lipinski definition) is 2. The third kappa shape index (κ3) is 4.84. The fourth-order valence-corrected chi connectivity index (χ4v) is 1.96. The second kappa shape index (κ2) is 6.39. The molecule has 0 bridgehead atoms. The van der Waals surface area contributed by atoms with Crippen LogP contribution in [0, 0.1) is 22.9 Å². The van der Waals surface area contributed by atoms with Crippen molar-refractivity contribution in [1.82, 2.24) is 5.43 Å². The maximum Gasteiger partial charge on any atom is 0.194 e. The van der Waals surface area contributed by atoms with Crippen LogP contribution in [0.1, 0.15) is 51.6 Å². The molecule has 0 aliphatic carbocycles.